The standard InChI is InChI=1S/C18H24N4O3/c1-2-7-22-13-15(12-16(22)23)18(25)21-10-8-20(9-11-21)17(24)14-3-5-19-6-4-14/h3-6,15H,2,7-13H2,1H3. The molecule has 7 nitrogen and oxygen atoms in total. The van der Waals surface area contributed by atoms with Crippen LogP contribution in [0.5, 0.6) is 0 Å². The number of likely N-dealkylation sites (tertiary alicyclic amines) is 1. The number of hydrogen-bond acceptors (Lipinski definition) is 4. The van der Waals surface area contributed by atoms with Crippen molar-refractivity contribution in [3.63, 3.8) is 0 Å². The third kappa shape index (κ3) is 3.81. The van der Waals surface area contributed by atoms with Gasteiger partial charge < -0.3 is 14.7 Å². The van der Waals surface area contributed by atoms with Crippen LogP contribution in [0.25, 0.3) is 0 Å². The van der Waals surface area contributed by atoms with Crippen molar-refractivity contribution in [2.45, 2.75) is 19.8 Å². The minimum Gasteiger partial charge on any atom is -0.342 e. The second kappa shape index (κ2) is 7.63. The van der Waals surface area contributed by atoms with Gasteiger partial charge in [0.1, 0.15) is 0 Å². The number of amides is 3. The summed E-state index contributed by atoms with van der Waals surface area (Å²) in [5.74, 6) is -0.143. The van der Waals surface area contributed by atoms with Crippen LogP contribution in [0.3, 0.4) is 0 Å². The zero-order valence-corrected chi connectivity index (χ0v) is 14.6. The SMILES string of the molecule is CCCN1CC(C(=O)N2CCN(C(=O)c3ccncc3)CC2)CC1=O. The van der Waals surface area contributed by atoms with Crippen molar-refractivity contribution in [2.24, 2.45) is 5.92 Å². The Bertz CT molecular complexity index is 641. The number of nitrogens with zero attached hydrogens (tertiary/aromatic N) is 4. The second-order valence-corrected chi connectivity index (χ2v) is 6.59. The van der Waals surface area contributed by atoms with Crippen LogP contribution in [-0.2, 0) is 9.59 Å². The fourth-order valence-electron chi connectivity index (χ4n) is 3.49. The van der Waals surface area contributed by atoms with Gasteiger partial charge in [-0.1, -0.05) is 6.92 Å². The lowest BCUT2D eigenvalue weighted by Crippen LogP contribution is -2.52. The van der Waals surface area contributed by atoms with E-state index in [4.69, 9.17) is 0 Å². The normalized spacial score (nSPS) is 20.9. The molecule has 2 aliphatic heterocycles. The summed E-state index contributed by atoms with van der Waals surface area (Å²) in [7, 11) is 0. The van der Waals surface area contributed by atoms with Crippen molar-refractivity contribution in [3.8, 4) is 0 Å². The van der Waals surface area contributed by atoms with Crippen LogP contribution < -0.4 is 0 Å². The minimum absolute atomic E-state index is 0.0281. The number of hydrogen-bond donors (Lipinski definition) is 0. The van der Waals surface area contributed by atoms with Gasteiger partial charge in [-0.25, -0.2) is 0 Å². The number of piperazine rings is 1. The van der Waals surface area contributed by atoms with Crippen LogP contribution in [0, 0.1) is 5.92 Å². The van der Waals surface area contributed by atoms with Crippen LogP contribution in [-0.4, -0.2) is 76.7 Å². The Morgan fingerprint density at radius 2 is 1.76 bits per heavy atom. The molecule has 1 unspecified atom stereocenters. The molecule has 2 saturated heterocycles. The van der Waals surface area contributed by atoms with Crippen LogP contribution in [0.1, 0.15) is 30.1 Å². The second-order valence-electron chi connectivity index (χ2n) is 6.59. The lowest BCUT2D eigenvalue weighted by Gasteiger charge is -2.36. The number of aromatic nitrogens is 1. The van der Waals surface area contributed by atoms with Crippen LogP contribution >= 0.6 is 0 Å². The third-order valence-corrected chi connectivity index (χ3v) is 4.86. The first-order chi connectivity index (χ1) is 12.1. The smallest absolute Gasteiger partial charge is 0.254 e. The van der Waals surface area contributed by atoms with E-state index in [1.165, 1.54) is 0 Å². The van der Waals surface area contributed by atoms with Gasteiger partial charge in [-0.05, 0) is 18.6 Å². The molecule has 3 heterocycles. The molecule has 134 valence electrons. The van der Waals surface area contributed by atoms with Crippen molar-refractivity contribution in [1.29, 1.82) is 0 Å². The van der Waals surface area contributed by atoms with Gasteiger partial charge in [0.05, 0.1) is 5.92 Å². The Morgan fingerprint density at radius 1 is 1.12 bits per heavy atom. The Hall–Kier alpha value is -2.44. The summed E-state index contributed by atoms with van der Waals surface area (Å²) >= 11 is 0. The molecule has 7 heteroatoms. The molecule has 0 N–H and O–H groups in total. The predicted octanol–water partition coefficient (Wildman–Crippen LogP) is 0.624. The molecule has 1 atom stereocenters. The largest absolute Gasteiger partial charge is 0.342 e. The molecule has 0 saturated carbocycles. The Labute approximate surface area is 147 Å². The molecule has 2 fully saturated rings. The summed E-state index contributed by atoms with van der Waals surface area (Å²) < 4.78 is 0. The molecule has 0 aromatic carbocycles. The van der Waals surface area contributed by atoms with Gasteiger partial charge >= 0.3 is 0 Å². The maximum Gasteiger partial charge on any atom is 0.254 e. The highest BCUT2D eigenvalue weighted by molar-refractivity contribution is 5.94. The lowest BCUT2D eigenvalue weighted by atomic mass is 10.1. The summed E-state index contributed by atoms with van der Waals surface area (Å²) in [6, 6.07) is 3.40. The lowest BCUT2D eigenvalue weighted by molar-refractivity contribution is -0.137. The fourth-order valence-corrected chi connectivity index (χ4v) is 3.49. The highest BCUT2D eigenvalue weighted by Crippen LogP contribution is 2.21. The summed E-state index contributed by atoms with van der Waals surface area (Å²) in [4.78, 5) is 46.3. The van der Waals surface area contributed by atoms with E-state index in [2.05, 4.69) is 4.98 Å². The van der Waals surface area contributed by atoms with Gasteiger partial charge in [0.2, 0.25) is 11.8 Å². The first kappa shape index (κ1) is 17.4. The maximum atomic E-state index is 12.7. The molecular formula is C18H24N4O3. The van der Waals surface area contributed by atoms with E-state index in [0.29, 0.717) is 44.7 Å². The Kier molecular flexibility index (Phi) is 5.31. The number of carbonyl (C=O) groups excluding carboxylic acids is 3. The average molecular weight is 344 g/mol. The summed E-state index contributed by atoms with van der Waals surface area (Å²) in [5, 5.41) is 0. The summed E-state index contributed by atoms with van der Waals surface area (Å²) in [6.45, 7) is 5.36. The van der Waals surface area contributed by atoms with E-state index in [0.717, 1.165) is 13.0 Å². The topological polar surface area (TPSA) is 73.8 Å². The van der Waals surface area contributed by atoms with Crippen LogP contribution in [0.15, 0.2) is 24.5 Å². The van der Waals surface area contributed by atoms with E-state index in [1.807, 2.05) is 6.92 Å². The molecule has 3 rings (SSSR count). The number of pyridine rings is 1. The molecule has 0 radical (unpaired) electrons. The maximum absolute atomic E-state index is 12.7. The van der Waals surface area contributed by atoms with E-state index in [1.54, 1.807) is 39.2 Å². The zero-order valence-electron chi connectivity index (χ0n) is 14.6. The first-order valence-electron chi connectivity index (χ1n) is 8.86. The number of rotatable bonds is 4. The Morgan fingerprint density at radius 3 is 2.40 bits per heavy atom. The van der Waals surface area contributed by atoms with Gasteiger partial charge in [-0.2, -0.15) is 0 Å². The molecule has 0 aliphatic carbocycles. The molecular weight excluding hydrogens is 320 g/mol. The summed E-state index contributed by atoms with van der Waals surface area (Å²) in [5.41, 5.74) is 0.617. The average Bonchev–Trinajstić information content (AvgIpc) is 3.02. The van der Waals surface area contributed by atoms with E-state index >= 15 is 0 Å². The van der Waals surface area contributed by atoms with Crippen LogP contribution in [0.4, 0.5) is 0 Å². The van der Waals surface area contributed by atoms with Crippen molar-refractivity contribution >= 4 is 17.7 Å². The minimum atomic E-state index is -0.235. The molecule has 3 amide bonds. The highest BCUT2D eigenvalue weighted by atomic mass is 16.2. The van der Waals surface area contributed by atoms with E-state index < -0.39 is 0 Å². The third-order valence-electron chi connectivity index (χ3n) is 4.86. The van der Waals surface area contributed by atoms with Crippen LogP contribution in [0.2, 0.25) is 0 Å². The van der Waals surface area contributed by atoms with Gasteiger partial charge in [-0.3, -0.25) is 19.4 Å². The molecule has 1 aromatic rings. The van der Waals surface area contributed by atoms with Crippen molar-refractivity contribution < 1.29 is 14.4 Å². The van der Waals surface area contributed by atoms with Gasteiger partial charge in [0.15, 0.2) is 0 Å². The van der Waals surface area contributed by atoms with Crippen molar-refractivity contribution in [1.82, 2.24) is 19.7 Å². The van der Waals surface area contributed by atoms with Gasteiger partial charge in [0, 0.05) is 63.6 Å². The molecule has 2 aliphatic rings. The quantitative estimate of drug-likeness (QED) is 0.803. The highest BCUT2D eigenvalue weighted by Gasteiger charge is 2.37. The monoisotopic (exact) mass is 344 g/mol. The van der Waals surface area contributed by atoms with E-state index in [-0.39, 0.29) is 23.6 Å². The zero-order chi connectivity index (χ0) is 17.8. The van der Waals surface area contributed by atoms with Gasteiger partial charge in [-0.15, -0.1) is 0 Å². The molecule has 0 bridgehead atoms. The van der Waals surface area contributed by atoms with Gasteiger partial charge in [0.25, 0.3) is 5.91 Å². The van der Waals surface area contributed by atoms with Crippen molar-refractivity contribution in [3.05, 3.63) is 30.1 Å². The predicted molar refractivity (Wildman–Crippen MR) is 91.7 cm³/mol. The molecule has 25 heavy (non-hydrogen) atoms. The van der Waals surface area contributed by atoms with E-state index in [9.17, 15) is 14.4 Å². The fraction of sp³-hybridized carbons (Fsp3) is 0.556. The molecule has 1 aromatic heterocycles. The molecule has 0 spiro atoms. The first-order valence-corrected chi connectivity index (χ1v) is 8.86. The number of carbonyl (C=O) groups is 3. The summed E-state index contributed by atoms with van der Waals surface area (Å²) in [6.07, 6.45) is 4.43. The Balaban J connectivity index is 1.53. The van der Waals surface area contributed by atoms with Crippen molar-refractivity contribution in [2.75, 3.05) is 39.3 Å².